The standard InChI is InChI=1S/C16H13NOS/c1-17-13-9-5-6-10-14(13)18-16(17)11-15(19)12-7-3-2-4-8-12/h2-11H,1H3/b16-11-. The average molecular weight is 267 g/mol. The molecule has 0 amide bonds. The lowest BCUT2D eigenvalue weighted by Crippen LogP contribution is -2.14. The molecule has 0 saturated carbocycles. The van der Waals surface area contributed by atoms with Gasteiger partial charge >= 0.3 is 0 Å². The Bertz CT molecular complexity index is 649. The fourth-order valence-electron chi connectivity index (χ4n) is 2.04. The second-order valence-corrected chi connectivity index (χ2v) is 4.78. The summed E-state index contributed by atoms with van der Waals surface area (Å²) in [6.45, 7) is 0. The molecule has 2 nitrogen and oxygen atoms in total. The van der Waals surface area contributed by atoms with Crippen molar-refractivity contribution in [1.29, 1.82) is 0 Å². The first-order valence-electron chi connectivity index (χ1n) is 6.07. The Morgan fingerprint density at radius 1 is 1.05 bits per heavy atom. The van der Waals surface area contributed by atoms with Crippen LogP contribution in [0.2, 0.25) is 0 Å². The summed E-state index contributed by atoms with van der Waals surface area (Å²) in [6.07, 6.45) is 1.89. The van der Waals surface area contributed by atoms with Gasteiger partial charge in [0, 0.05) is 13.1 Å². The number of nitrogens with zero attached hydrogens (tertiary/aromatic N) is 1. The van der Waals surface area contributed by atoms with Crippen molar-refractivity contribution in [2.75, 3.05) is 11.9 Å². The van der Waals surface area contributed by atoms with Crippen molar-refractivity contribution in [2.24, 2.45) is 0 Å². The molecule has 0 bridgehead atoms. The Morgan fingerprint density at radius 2 is 1.74 bits per heavy atom. The van der Waals surface area contributed by atoms with E-state index in [1.807, 2.05) is 72.6 Å². The number of para-hydroxylation sites is 2. The number of fused-ring (bicyclic) bond motifs is 1. The smallest absolute Gasteiger partial charge is 0.201 e. The highest BCUT2D eigenvalue weighted by Gasteiger charge is 2.22. The number of rotatable bonds is 2. The van der Waals surface area contributed by atoms with Crippen LogP contribution in [0.3, 0.4) is 0 Å². The number of benzene rings is 2. The molecular formula is C16H13NOS. The number of hydrogen-bond donors (Lipinski definition) is 0. The Morgan fingerprint density at radius 3 is 2.47 bits per heavy atom. The zero-order valence-corrected chi connectivity index (χ0v) is 11.4. The minimum absolute atomic E-state index is 0.759. The third-order valence-corrected chi connectivity index (χ3v) is 3.44. The summed E-state index contributed by atoms with van der Waals surface area (Å²) in [6, 6.07) is 17.9. The topological polar surface area (TPSA) is 12.5 Å². The molecule has 0 saturated heterocycles. The van der Waals surface area contributed by atoms with E-state index >= 15 is 0 Å². The van der Waals surface area contributed by atoms with Gasteiger partial charge in [0.25, 0.3) is 0 Å². The van der Waals surface area contributed by atoms with Gasteiger partial charge in [-0.2, -0.15) is 0 Å². The lowest BCUT2D eigenvalue weighted by Gasteiger charge is -2.11. The fraction of sp³-hybridized carbons (Fsp3) is 0.0625. The zero-order valence-electron chi connectivity index (χ0n) is 10.5. The van der Waals surface area contributed by atoms with E-state index in [0.717, 1.165) is 27.7 Å². The molecule has 2 aromatic rings. The Labute approximate surface area is 117 Å². The van der Waals surface area contributed by atoms with Crippen LogP contribution in [0, 0.1) is 0 Å². The van der Waals surface area contributed by atoms with E-state index in [9.17, 15) is 0 Å². The molecule has 0 aromatic heterocycles. The SMILES string of the molecule is CN1/C(=C/C(=S)c2ccccc2)Oc2ccccc21. The first kappa shape index (κ1) is 11.9. The first-order valence-corrected chi connectivity index (χ1v) is 6.48. The van der Waals surface area contributed by atoms with E-state index in [1.54, 1.807) is 0 Å². The summed E-state index contributed by atoms with van der Waals surface area (Å²) >= 11 is 5.44. The molecule has 0 fully saturated rings. The molecule has 3 heteroatoms. The number of allylic oxidation sites excluding steroid dienone is 1. The monoisotopic (exact) mass is 267 g/mol. The highest BCUT2D eigenvalue weighted by Crippen LogP contribution is 2.37. The molecule has 0 aliphatic carbocycles. The summed E-state index contributed by atoms with van der Waals surface area (Å²) in [7, 11) is 1.98. The number of thiocarbonyl (C=S) groups is 1. The van der Waals surface area contributed by atoms with Gasteiger partial charge in [0.05, 0.1) is 10.6 Å². The van der Waals surface area contributed by atoms with Crippen molar-refractivity contribution in [3.63, 3.8) is 0 Å². The Hall–Kier alpha value is -2.13. The predicted octanol–water partition coefficient (Wildman–Crippen LogP) is 3.77. The lowest BCUT2D eigenvalue weighted by atomic mass is 10.1. The molecule has 1 heterocycles. The average Bonchev–Trinajstić information content (AvgIpc) is 2.77. The quantitative estimate of drug-likeness (QED) is 0.467. The summed E-state index contributed by atoms with van der Waals surface area (Å²) in [5, 5.41) is 0. The van der Waals surface area contributed by atoms with Crippen molar-refractivity contribution < 1.29 is 4.74 Å². The van der Waals surface area contributed by atoms with Crippen LogP contribution in [0.5, 0.6) is 5.75 Å². The molecule has 1 aliphatic rings. The van der Waals surface area contributed by atoms with Crippen LogP contribution in [-0.2, 0) is 0 Å². The van der Waals surface area contributed by atoms with E-state index in [1.165, 1.54) is 0 Å². The van der Waals surface area contributed by atoms with E-state index < -0.39 is 0 Å². The maximum atomic E-state index is 5.81. The normalized spacial score (nSPS) is 15.2. The van der Waals surface area contributed by atoms with E-state index in [0.29, 0.717) is 0 Å². The summed E-state index contributed by atoms with van der Waals surface area (Å²) in [5.41, 5.74) is 2.09. The molecule has 3 rings (SSSR count). The van der Waals surface area contributed by atoms with Gasteiger partial charge in [-0.05, 0) is 17.7 Å². The van der Waals surface area contributed by atoms with Crippen LogP contribution in [0.4, 0.5) is 5.69 Å². The zero-order chi connectivity index (χ0) is 13.2. The Balaban J connectivity index is 1.89. The third-order valence-electron chi connectivity index (χ3n) is 3.08. The van der Waals surface area contributed by atoms with Crippen LogP contribution >= 0.6 is 12.2 Å². The van der Waals surface area contributed by atoms with Crippen LogP contribution in [0.25, 0.3) is 0 Å². The van der Waals surface area contributed by atoms with Gasteiger partial charge in [0.15, 0.2) is 5.75 Å². The van der Waals surface area contributed by atoms with Gasteiger partial charge in [-0.3, -0.25) is 0 Å². The fourth-order valence-corrected chi connectivity index (χ4v) is 2.28. The maximum absolute atomic E-state index is 5.81. The number of hydrogen-bond acceptors (Lipinski definition) is 3. The molecule has 94 valence electrons. The molecule has 1 aliphatic heterocycles. The minimum Gasteiger partial charge on any atom is -0.439 e. The summed E-state index contributed by atoms with van der Waals surface area (Å²) < 4.78 is 5.81. The van der Waals surface area contributed by atoms with Gasteiger partial charge in [-0.15, -0.1) is 0 Å². The molecule has 19 heavy (non-hydrogen) atoms. The van der Waals surface area contributed by atoms with E-state index in [4.69, 9.17) is 17.0 Å². The molecular weight excluding hydrogens is 254 g/mol. The number of anilines is 1. The van der Waals surface area contributed by atoms with Crippen molar-refractivity contribution >= 4 is 22.8 Å². The van der Waals surface area contributed by atoms with Gasteiger partial charge in [-0.25, -0.2) is 0 Å². The van der Waals surface area contributed by atoms with E-state index in [-0.39, 0.29) is 0 Å². The molecule has 0 atom stereocenters. The van der Waals surface area contributed by atoms with Crippen LogP contribution in [0.15, 0.2) is 66.6 Å². The molecule has 0 unspecified atom stereocenters. The Kier molecular flexibility index (Phi) is 3.05. The highest BCUT2D eigenvalue weighted by atomic mass is 32.1. The van der Waals surface area contributed by atoms with Gasteiger partial charge in [0.1, 0.15) is 0 Å². The number of ether oxygens (including phenoxy) is 1. The molecule has 0 radical (unpaired) electrons. The van der Waals surface area contributed by atoms with Gasteiger partial charge in [0.2, 0.25) is 5.88 Å². The summed E-state index contributed by atoms with van der Waals surface area (Å²) in [5.74, 6) is 1.63. The minimum atomic E-state index is 0.759. The first-order chi connectivity index (χ1) is 9.25. The third kappa shape index (κ3) is 2.25. The van der Waals surface area contributed by atoms with Gasteiger partial charge in [-0.1, -0.05) is 54.7 Å². The lowest BCUT2D eigenvalue weighted by molar-refractivity contribution is 0.445. The largest absolute Gasteiger partial charge is 0.439 e. The predicted molar refractivity (Wildman–Crippen MR) is 81.7 cm³/mol. The second-order valence-electron chi connectivity index (χ2n) is 4.34. The van der Waals surface area contributed by atoms with Crippen molar-refractivity contribution in [3.8, 4) is 5.75 Å². The van der Waals surface area contributed by atoms with Crippen LogP contribution in [0.1, 0.15) is 5.56 Å². The van der Waals surface area contributed by atoms with Crippen molar-refractivity contribution in [2.45, 2.75) is 0 Å². The van der Waals surface area contributed by atoms with Gasteiger partial charge < -0.3 is 9.64 Å². The highest BCUT2D eigenvalue weighted by molar-refractivity contribution is 7.81. The van der Waals surface area contributed by atoms with Crippen LogP contribution in [-0.4, -0.2) is 11.9 Å². The van der Waals surface area contributed by atoms with Crippen molar-refractivity contribution in [1.82, 2.24) is 0 Å². The maximum Gasteiger partial charge on any atom is 0.201 e. The molecule has 0 N–H and O–H groups in total. The van der Waals surface area contributed by atoms with Crippen molar-refractivity contribution in [3.05, 3.63) is 72.1 Å². The second kappa shape index (κ2) is 4.86. The molecule has 0 spiro atoms. The van der Waals surface area contributed by atoms with E-state index in [2.05, 4.69) is 0 Å². The molecule has 2 aromatic carbocycles. The summed E-state index contributed by atoms with van der Waals surface area (Å²) in [4.78, 5) is 2.78. The van der Waals surface area contributed by atoms with Crippen LogP contribution < -0.4 is 9.64 Å².